The third-order valence-corrected chi connectivity index (χ3v) is 4.39. The van der Waals surface area contributed by atoms with Gasteiger partial charge in [0.25, 0.3) is 0 Å². The van der Waals surface area contributed by atoms with Gasteiger partial charge in [0, 0.05) is 19.1 Å². The van der Waals surface area contributed by atoms with Crippen molar-refractivity contribution in [2.75, 3.05) is 19.8 Å². The largest absolute Gasteiger partial charge is 0.444 e. The molecule has 1 amide bonds. The number of aliphatic hydroxyl groups excluding tert-OH is 1. The van der Waals surface area contributed by atoms with E-state index in [-0.39, 0.29) is 12.0 Å². The molecule has 6 heteroatoms. The van der Waals surface area contributed by atoms with Gasteiger partial charge in [0.1, 0.15) is 18.2 Å². The number of hydrogen-bond donors (Lipinski definition) is 1. The molecule has 0 spiro atoms. The quantitative estimate of drug-likeness (QED) is 0.800. The smallest absolute Gasteiger partial charge is 0.411 e. The van der Waals surface area contributed by atoms with E-state index in [4.69, 9.17) is 9.47 Å². The molecule has 0 aromatic heterocycles. The highest BCUT2D eigenvalue weighted by atomic mass is 16.6. The minimum absolute atomic E-state index is 0.0496. The number of aliphatic hydroxyl groups is 1. The van der Waals surface area contributed by atoms with Crippen LogP contribution >= 0.6 is 0 Å². The zero-order valence-electron chi connectivity index (χ0n) is 14.2. The van der Waals surface area contributed by atoms with Crippen LogP contribution in [0.25, 0.3) is 0 Å². The molecule has 130 valence electrons. The summed E-state index contributed by atoms with van der Waals surface area (Å²) >= 11 is 0. The summed E-state index contributed by atoms with van der Waals surface area (Å²) in [7, 11) is 0. The van der Waals surface area contributed by atoms with Crippen molar-refractivity contribution >= 4 is 11.9 Å². The maximum atomic E-state index is 12.5. The lowest BCUT2D eigenvalue weighted by Gasteiger charge is -2.29. The molecule has 2 fully saturated rings. The van der Waals surface area contributed by atoms with E-state index in [0.717, 1.165) is 12.8 Å². The van der Waals surface area contributed by atoms with Crippen molar-refractivity contribution in [3.63, 3.8) is 0 Å². The second-order valence-corrected chi connectivity index (χ2v) is 7.32. The Morgan fingerprint density at radius 1 is 1.43 bits per heavy atom. The highest BCUT2D eigenvalue weighted by molar-refractivity contribution is 5.89. The molecule has 4 atom stereocenters. The van der Waals surface area contributed by atoms with Gasteiger partial charge in [0.15, 0.2) is 5.78 Å². The predicted octanol–water partition coefficient (Wildman–Crippen LogP) is 1.76. The summed E-state index contributed by atoms with van der Waals surface area (Å²) in [6.07, 6.45) is 2.68. The fraction of sp³-hybridized carbons (Fsp3) is 0.765. The zero-order chi connectivity index (χ0) is 17.2. The van der Waals surface area contributed by atoms with E-state index in [0.29, 0.717) is 19.1 Å². The minimum atomic E-state index is -0.775. The van der Waals surface area contributed by atoms with Gasteiger partial charge >= 0.3 is 6.09 Å². The number of carbonyl (C=O) groups excluding carboxylic acids is 2. The molecule has 2 heterocycles. The number of amides is 1. The molecule has 6 nitrogen and oxygen atoms in total. The highest BCUT2D eigenvalue weighted by Crippen LogP contribution is 2.36. The normalized spacial score (nSPS) is 31.2. The Morgan fingerprint density at radius 3 is 2.70 bits per heavy atom. The van der Waals surface area contributed by atoms with Gasteiger partial charge in [0.2, 0.25) is 0 Å². The molecular weight excluding hydrogens is 298 g/mol. The number of hydrogen-bond acceptors (Lipinski definition) is 5. The Hall–Kier alpha value is -1.40. The predicted molar refractivity (Wildman–Crippen MR) is 85.0 cm³/mol. The number of likely N-dealkylation sites (tertiary alicyclic amines) is 1. The van der Waals surface area contributed by atoms with Crippen LogP contribution in [-0.4, -0.2) is 59.4 Å². The average Bonchev–Trinajstić information content (AvgIpc) is 2.70. The van der Waals surface area contributed by atoms with Crippen LogP contribution in [0.2, 0.25) is 0 Å². The molecule has 2 aliphatic heterocycles. The van der Waals surface area contributed by atoms with Crippen LogP contribution < -0.4 is 0 Å². The van der Waals surface area contributed by atoms with Gasteiger partial charge in [-0.3, -0.25) is 9.69 Å². The van der Waals surface area contributed by atoms with Crippen LogP contribution in [-0.2, 0) is 14.3 Å². The summed E-state index contributed by atoms with van der Waals surface area (Å²) in [5, 5.41) is 9.29. The SMILES string of the molecule is C=C[C@@H]1CCO[C@@H]2[C@@H](C1)CN(C(=O)OC(C)(C)C)[C@@H]2C(=O)CO. The molecule has 23 heavy (non-hydrogen) atoms. The first kappa shape index (κ1) is 17.9. The molecule has 2 aliphatic rings. The van der Waals surface area contributed by atoms with Crippen molar-refractivity contribution in [1.29, 1.82) is 0 Å². The monoisotopic (exact) mass is 325 g/mol. The highest BCUT2D eigenvalue weighted by Gasteiger charge is 2.50. The Kier molecular flexibility index (Phi) is 5.47. The second kappa shape index (κ2) is 7.01. The molecule has 2 rings (SSSR count). The first-order chi connectivity index (χ1) is 10.8. The van der Waals surface area contributed by atoms with Gasteiger partial charge < -0.3 is 14.6 Å². The zero-order valence-corrected chi connectivity index (χ0v) is 14.2. The number of ketones is 1. The standard InChI is InChI=1S/C17H27NO5/c1-5-11-6-7-22-15-12(8-11)9-18(14(15)13(20)10-19)16(21)23-17(2,3)4/h5,11-12,14-15,19H,1,6-10H2,2-4H3/t11-,12+,14-,15-/m1/s1. The second-order valence-electron chi connectivity index (χ2n) is 7.32. The topological polar surface area (TPSA) is 76.1 Å². The van der Waals surface area contributed by atoms with Crippen molar-refractivity contribution in [3.8, 4) is 0 Å². The summed E-state index contributed by atoms with van der Waals surface area (Å²) in [4.78, 5) is 26.1. The lowest BCUT2D eigenvalue weighted by atomic mass is 9.89. The summed E-state index contributed by atoms with van der Waals surface area (Å²) in [6.45, 7) is 9.51. The van der Waals surface area contributed by atoms with Gasteiger partial charge in [-0.2, -0.15) is 0 Å². The lowest BCUT2D eigenvalue weighted by molar-refractivity contribution is -0.130. The fourth-order valence-electron chi connectivity index (χ4n) is 3.38. The first-order valence-electron chi connectivity index (χ1n) is 8.14. The number of ether oxygens (including phenoxy) is 2. The van der Waals surface area contributed by atoms with Crippen LogP contribution in [0.5, 0.6) is 0 Å². The number of Topliss-reactive ketones (excluding diaryl/α,β-unsaturated/α-hetero) is 1. The Morgan fingerprint density at radius 2 is 2.13 bits per heavy atom. The molecule has 0 aliphatic carbocycles. The van der Waals surface area contributed by atoms with Crippen LogP contribution in [0.3, 0.4) is 0 Å². The van der Waals surface area contributed by atoms with E-state index in [1.807, 2.05) is 6.08 Å². The van der Waals surface area contributed by atoms with Crippen molar-refractivity contribution in [2.24, 2.45) is 11.8 Å². The molecule has 0 saturated carbocycles. The van der Waals surface area contributed by atoms with E-state index in [2.05, 4.69) is 6.58 Å². The molecular formula is C17H27NO5. The lowest BCUT2D eigenvalue weighted by Crippen LogP contribution is -2.48. The summed E-state index contributed by atoms with van der Waals surface area (Å²) < 4.78 is 11.3. The molecule has 0 aromatic rings. The maximum absolute atomic E-state index is 12.5. The number of nitrogens with zero attached hydrogens (tertiary/aromatic N) is 1. The Balaban J connectivity index is 2.22. The van der Waals surface area contributed by atoms with Crippen molar-refractivity contribution in [2.45, 2.75) is 51.4 Å². The van der Waals surface area contributed by atoms with Crippen molar-refractivity contribution in [3.05, 3.63) is 12.7 Å². The summed E-state index contributed by atoms with van der Waals surface area (Å²) in [6, 6.07) is -0.775. The number of rotatable bonds is 3. The first-order valence-corrected chi connectivity index (χ1v) is 8.14. The molecule has 0 radical (unpaired) electrons. The van der Waals surface area contributed by atoms with Gasteiger partial charge in [-0.1, -0.05) is 6.08 Å². The van der Waals surface area contributed by atoms with Crippen LogP contribution in [0, 0.1) is 11.8 Å². The van der Waals surface area contributed by atoms with Gasteiger partial charge in [0.05, 0.1) is 6.10 Å². The minimum Gasteiger partial charge on any atom is -0.444 e. The average molecular weight is 325 g/mol. The van der Waals surface area contributed by atoms with E-state index >= 15 is 0 Å². The number of allylic oxidation sites excluding steroid dienone is 1. The Labute approximate surface area is 137 Å². The third kappa shape index (κ3) is 4.12. The van der Waals surface area contributed by atoms with Crippen LogP contribution in [0.4, 0.5) is 4.79 Å². The molecule has 0 unspecified atom stereocenters. The van der Waals surface area contributed by atoms with Gasteiger partial charge in [-0.05, 0) is 39.5 Å². The fourth-order valence-corrected chi connectivity index (χ4v) is 3.38. The van der Waals surface area contributed by atoms with E-state index in [1.54, 1.807) is 20.8 Å². The maximum Gasteiger partial charge on any atom is 0.411 e. The molecule has 1 N–H and O–H groups in total. The molecule has 0 aromatic carbocycles. The van der Waals surface area contributed by atoms with E-state index < -0.39 is 30.1 Å². The van der Waals surface area contributed by atoms with Crippen molar-refractivity contribution < 1.29 is 24.2 Å². The van der Waals surface area contributed by atoms with E-state index in [9.17, 15) is 14.7 Å². The van der Waals surface area contributed by atoms with Crippen LogP contribution in [0.15, 0.2) is 12.7 Å². The summed E-state index contributed by atoms with van der Waals surface area (Å²) in [5.74, 6) is -0.0394. The van der Waals surface area contributed by atoms with Crippen LogP contribution in [0.1, 0.15) is 33.6 Å². The number of fused-ring (bicyclic) bond motifs is 1. The summed E-state index contributed by atoms with van der Waals surface area (Å²) in [5.41, 5.74) is -0.640. The van der Waals surface area contributed by atoms with Gasteiger partial charge in [-0.25, -0.2) is 4.79 Å². The van der Waals surface area contributed by atoms with Crippen molar-refractivity contribution in [1.82, 2.24) is 4.90 Å². The Bertz CT molecular complexity index is 470. The number of carbonyl (C=O) groups is 2. The molecule has 2 saturated heterocycles. The van der Waals surface area contributed by atoms with E-state index in [1.165, 1.54) is 4.90 Å². The third-order valence-electron chi connectivity index (χ3n) is 4.39. The van der Waals surface area contributed by atoms with Gasteiger partial charge in [-0.15, -0.1) is 6.58 Å². The molecule has 0 bridgehead atoms.